The highest BCUT2D eigenvalue weighted by Gasteiger charge is 2.38. The van der Waals surface area contributed by atoms with Gasteiger partial charge in [-0.25, -0.2) is 0 Å². The number of hydrogen-bond acceptors (Lipinski definition) is 2. The van der Waals surface area contributed by atoms with Gasteiger partial charge in [-0.3, -0.25) is 0 Å². The molecule has 1 saturated heterocycles. The molecule has 3 heteroatoms. The van der Waals surface area contributed by atoms with E-state index in [1.54, 1.807) is 7.11 Å². The van der Waals surface area contributed by atoms with Crippen LogP contribution in [0.1, 0.15) is 20.3 Å². The summed E-state index contributed by atoms with van der Waals surface area (Å²) in [7, 11) is 1.76. The first-order valence-corrected chi connectivity index (χ1v) is 5.57. The second-order valence-electron chi connectivity index (χ2n) is 3.42. The van der Waals surface area contributed by atoms with Crippen LogP contribution in [-0.4, -0.2) is 30.8 Å². The summed E-state index contributed by atoms with van der Waals surface area (Å²) < 4.78 is 11.1. The largest absolute Gasteiger partial charge is 0.378 e. The maximum atomic E-state index is 5.76. The highest BCUT2D eigenvalue weighted by molar-refractivity contribution is 9.09. The van der Waals surface area contributed by atoms with Gasteiger partial charge in [-0.2, -0.15) is 0 Å². The van der Waals surface area contributed by atoms with Crippen LogP contribution < -0.4 is 0 Å². The smallest absolute Gasteiger partial charge is 0.0880 e. The van der Waals surface area contributed by atoms with Crippen LogP contribution in [0.2, 0.25) is 0 Å². The molecular weight excluding hydrogens is 220 g/mol. The third kappa shape index (κ3) is 2.01. The van der Waals surface area contributed by atoms with Gasteiger partial charge >= 0.3 is 0 Å². The van der Waals surface area contributed by atoms with Gasteiger partial charge in [-0.1, -0.05) is 22.9 Å². The molecule has 1 rings (SSSR count). The maximum Gasteiger partial charge on any atom is 0.0880 e. The molecule has 1 unspecified atom stereocenters. The number of methoxy groups -OCH3 is 1. The molecule has 0 aromatic heterocycles. The molecule has 1 heterocycles. The van der Waals surface area contributed by atoms with E-state index < -0.39 is 0 Å². The van der Waals surface area contributed by atoms with E-state index in [0.717, 1.165) is 11.8 Å². The lowest BCUT2D eigenvalue weighted by Crippen LogP contribution is -2.26. The van der Waals surface area contributed by atoms with Gasteiger partial charge in [0.2, 0.25) is 0 Å². The molecule has 2 nitrogen and oxygen atoms in total. The first-order chi connectivity index (χ1) is 5.70. The molecule has 0 aliphatic carbocycles. The molecule has 0 aromatic carbocycles. The zero-order valence-electron chi connectivity index (χ0n) is 7.92. The summed E-state index contributed by atoms with van der Waals surface area (Å²) in [5, 5.41) is 1.01. The zero-order chi connectivity index (χ0) is 9.14. The Hall–Kier alpha value is 0.400. The minimum atomic E-state index is 0.244. The van der Waals surface area contributed by atoms with Crippen molar-refractivity contribution < 1.29 is 9.47 Å². The van der Waals surface area contributed by atoms with Gasteiger partial charge in [0.05, 0.1) is 18.3 Å². The fraction of sp³-hybridized carbons (Fsp3) is 1.00. The summed E-state index contributed by atoms with van der Waals surface area (Å²) in [6.45, 7) is 4.28. The Labute approximate surface area is 82.7 Å². The van der Waals surface area contributed by atoms with Crippen LogP contribution >= 0.6 is 15.9 Å². The number of halogens is 1. The quantitative estimate of drug-likeness (QED) is 0.700. The Kier molecular flexibility index (Phi) is 4.00. The summed E-state index contributed by atoms with van der Waals surface area (Å²) in [5.74, 6) is 0.516. The molecular formula is C9H17BrO2. The average molecular weight is 237 g/mol. The summed E-state index contributed by atoms with van der Waals surface area (Å²) >= 11 is 3.43. The number of hydrogen-bond donors (Lipinski definition) is 0. The van der Waals surface area contributed by atoms with Crippen molar-refractivity contribution >= 4 is 15.9 Å². The Morgan fingerprint density at radius 1 is 1.42 bits per heavy atom. The van der Waals surface area contributed by atoms with Crippen molar-refractivity contribution in [2.75, 3.05) is 12.4 Å². The van der Waals surface area contributed by atoms with E-state index in [4.69, 9.17) is 9.47 Å². The molecule has 0 amide bonds. The van der Waals surface area contributed by atoms with E-state index in [1.807, 2.05) is 0 Å². The van der Waals surface area contributed by atoms with Crippen LogP contribution in [0.15, 0.2) is 0 Å². The number of rotatable bonds is 3. The van der Waals surface area contributed by atoms with Crippen molar-refractivity contribution in [3.05, 3.63) is 0 Å². The Bertz CT molecular complexity index is 140. The minimum absolute atomic E-state index is 0.244. The Balaban J connectivity index is 2.49. The Morgan fingerprint density at radius 2 is 2.08 bits per heavy atom. The van der Waals surface area contributed by atoms with E-state index >= 15 is 0 Å². The van der Waals surface area contributed by atoms with E-state index in [0.29, 0.717) is 12.0 Å². The van der Waals surface area contributed by atoms with E-state index in [-0.39, 0.29) is 12.2 Å². The van der Waals surface area contributed by atoms with Crippen LogP contribution in [-0.2, 0) is 9.47 Å². The van der Waals surface area contributed by atoms with Crippen LogP contribution in [0.5, 0.6) is 0 Å². The summed E-state index contributed by atoms with van der Waals surface area (Å²) in [4.78, 5) is 0. The third-order valence-corrected chi connectivity index (χ3v) is 3.08. The second kappa shape index (κ2) is 4.58. The fourth-order valence-electron chi connectivity index (χ4n) is 1.96. The lowest BCUT2D eigenvalue weighted by molar-refractivity contribution is 0.00518. The van der Waals surface area contributed by atoms with Gasteiger partial charge in [0.1, 0.15) is 0 Å². The summed E-state index contributed by atoms with van der Waals surface area (Å²) in [5.41, 5.74) is 0. The highest BCUT2D eigenvalue weighted by Crippen LogP contribution is 2.30. The van der Waals surface area contributed by atoms with Gasteiger partial charge in [0.15, 0.2) is 0 Å². The Morgan fingerprint density at radius 3 is 2.50 bits per heavy atom. The number of alkyl halides is 1. The van der Waals surface area contributed by atoms with E-state index in [1.165, 1.54) is 0 Å². The van der Waals surface area contributed by atoms with Gasteiger partial charge in [0, 0.05) is 18.4 Å². The van der Waals surface area contributed by atoms with Crippen molar-refractivity contribution in [3.8, 4) is 0 Å². The van der Waals surface area contributed by atoms with Gasteiger partial charge in [-0.05, 0) is 13.3 Å². The van der Waals surface area contributed by atoms with Crippen molar-refractivity contribution in [1.29, 1.82) is 0 Å². The van der Waals surface area contributed by atoms with Crippen LogP contribution in [0.25, 0.3) is 0 Å². The van der Waals surface area contributed by atoms with Gasteiger partial charge < -0.3 is 9.47 Å². The van der Waals surface area contributed by atoms with Gasteiger partial charge in [-0.15, -0.1) is 0 Å². The molecule has 0 aromatic rings. The molecule has 12 heavy (non-hydrogen) atoms. The van der Waals surface area contributed by atoms with Crippen molar-refractivity contribution in [2.24, 2.45) is 5.92 Å². The SMILES string of the molecule is CO[C@H]1C(C)[C@@H](CCBr)O[C@H]1C. The topological polar surface area (TPSA) is 18.5 Å². The first-order valence-electron chi connectivity index (χ1n) is 4.45. The van der Waals surface area contributed by atoms with E-state index in [2.05, 4.69) is 29.8 Å². The summed E-state index contributed by atoms with van der Waals surface area (Å²) in [6, 6.07) is 0. The molecule has 1 fully saturated rings. The second-order valence-corrected chi connectivity index (χ2v) is 4.21. The van der Waals surface area contributed by atoms with E-state index in [9.17, 15) is 0 Å². The number of ether oxygens (including phenoxy) is 2. The molecule has 0 bridgehead atoms. The molecule has 1 aliphatic heterocycles. The molecule has 0 radical (unpaired) electrons. The lowest BCUT2D eigenvalue weighted by Gasteiger charge is -2.16. The fourth-order valence-corrected chi connectivity index (χ4v) is 2.41. The predicted molar refractivity (Wildman–Crippen MR) is 52.7 cm³/mol. The van der Waals surface area contributed by atoms with Crippen molar-refractivity contribution in [2.45, 2.75) is 38.6 Å². The normalized spacial score (nSPS) is 42.0. The zero-order valence-corrected chi connectivity index (χ0v) is 9.50. The molecule has 4 atom stereocenters. The van der Waals surface area contributed by atoms with Crippen LogP contribution in [0.4, 0.5) is 0 Å². The average Bonchev–Trinajstić information content (AvgIpc) is 2.29. The minimum Gasteiger partial charge on any atom is -0.378 e. The molecule has 0 N–H and O–H groups in total. The monoisotopic (exact) mass is 236 g/mol. The van der Waals surface area contributed by atoms with Gasteiger partial charge in [0.25, 0.3) is 0 Å². The van der Waals surface area contributed by atoms with Crippen LogP contribution in [0, 0.1) is 5.92 Å². The molecule has 0 saturated carbocycles. The lowest BCUT2D eigenvalue weighted by atomic mass is 9.97. The molecule has 72 valence electrons. The molecule has 1 aliphatic rings. The van der Waals surface area contributed by atoms with Crippen LogP contribution in [0.3, 0.4) is 0 Å². The third-order valence-electron chi connectivity index (χ3n) is 2.62. The highest BCUT2D eigenvalue weighted by atomic mass is 79.9. The first kappa shape index (κ1) is 10.5. The standard InChI is InChI=1S/C9H17BrO2/c1-6-8(4-5-10)12-7(2)9(6)11-3/h6-9H,4-5H2,1-3H3/t6?,7-,8+,9-/m0/s1. The maximum absolute atomic E-state index is 5.76. The predicted octanol–water partition coefficient (Wildman–Crippen LogP) is 2.21. The van der Waals surface area contributed by atoms with Crippen molar-refractivity contribution in [3.63, 3.8) is 0 Å². The molecule has 0 spiro atoms. The summed E-state index contributed by atoms with van der Waals surface area (Å²) in [6.07, 6.45) is 1.96. The van der Waals surface area contributed by atoms with Crippen molar-refractivity contribution in [1.82, 2.24) is 0 Å².